The van der Waals surface area contributed by atoms with Crippen LogP contribution in [0.1, 0.15) is 17.4 Å². The fourth-order valence-corrected chi connectivity index (χ4v) is 2.04. The highest BCUT2D eigenvalue weighted by Gasteiger charge is 2.20. The van der Waals surface area contributed by atoms with Gasteiger partial charge in [-0.25, -0.2) is 0 Å². The molecule has 1 fully saturated rings. The highest BCUT2D eigenvalue weighted by molar-refractivity contribution is 6.32. The van der Waals surface area contributed by atoms with Crippen molar-refractivity contribution in [1.29, 1.82) is 0 Å². The van der Waals surface area contributed by atoms with E-state index in [1.807, 2.05) is 24.3 Å². The molecule has 84 valence electrons. The van der Waals surface area contributed by atoms with Crippen molar-refractivity contribution in [2.45, 2.75) is 6.29 Å². The van der Waals surface area contributed by atoms with E-state index in [-0.39, 0.29) is 6.29 Å². The van der Waals surface area contributed by atoms with E-state index in [1.54, 1.807) is 0 Å². The van der Waals surface area contributed by atoms with Crippen molar-refractivity contribution in [2.75, 3.05) is 19.8 Å². The lowest BCUT2D eigenvalue weighted by molar-refractivity contribution is -0.0441. The van der Waals surface area contributed by atoms with E-state index in [9.17, 15) is 0 Å². The summed E-state index contributed by atoms with van der Waals surface area (Å²) in [5.74, 6) is 0.853. The van der Waals surface area contributed by atoms with Crippen molar-refractivity contribution in [1.82, 2.24) is 0 Å². The van der Waals surface area contributed by atoms with E-state index in [0.717, 1.165) is 16.9 Å². The topological polar surface area (TPSA) is 27.7 Å². The van der Waals surface area contributed by atoms with Crippen LogP contribution in [0.2, 0.25) is 0 Å². The van der Waals surface area contributed by atoms with Crippen LogP contribution in [0.15, 0.2) is 23.2 Å². The lowest BCUT2D eigenvalue weighted by atomic mass is 10.1. The van der Waals surface area contributed by atoms with Gasteiger partial charge in [0.2, 0.25) is 0 Å². The van der Waals surface area contributed by atoms with Crippen LogP contribution < -0.4 is 4.74 Å². The van der Waals surface area contributed by atoms with Crippen molar-refractivity contribution < 1.29 is 14.2 Å². The third-order valence-electron chi connectivity index (χ3n) is 2.61. The second-order valence-electron chi connectivity index (χ2n) is 3.75. The van der Waals surface area contributed by atoms with Crippen LogP contribution in [-0.4, -0.2) is 19.8 Å². The Kier molecular flexibility index (Phi) is 2.59. The van der Waals surface area contributed by atoms with Crippen LogP contribution in [0.3, 0.4) is 0 Å². The number of hydrogen-bond acceptors (Lipinski definition) is 3. The monoisotopic (exact) mass is 238 g/mol. The van der Waals surface area contributed by atoms with Gasteiger partial charge in [-0.2, -0.15) is 0 Å². The van der Waals surface area contributed by atoms with Crippen molar-refractivity contribution in [2.24, 2.45) is 0 Å². The minimum atomic E-state index is -0.251. The maximum absolute atomic E-state index is 5.93. The standard InChI is InChI=1S/C12H11ClO3/c13-10-6-9-5-8(12-14-3-4-15-12)1-2-11(9)16-7-10/h1-2,5-6,12H,3-4,7H2. The Balaban J connectivity index is 1.95. The van der Waals surface area contributed by atoms with Gasteiger partial charge in [0.05, 0.1) is 18.2 Å². The smallest absolute Gasteiger partial charge is 0.184 e. The number of fused-ring (bicyclic) bond motifs is 1. The molecule has 2 aliphatic rings. The Morgan fingerprint density at radius 1 is 1.19 bits per heavy atom. The van der Waals surface area contributed by atoms with Crippen LogP contribution >= 0.6 is 11.6 Å². The zero-order valence-corrected chi connectivity index (χ0v) is 9.37. The van der Waals surface area contributed by atoms with E-state index in [0.29, 0.717) is 24.9 Å². The van der Waals surface area contributed by atoms with E-state index in [4.69, 9.17) is 25.8 Å². The molecule has 1 aromatic carbocycles. The van der Waals surface area contributed by atoms with Gasteiger partial charge in [-0.3, -0.25) is 0 Å². The minimum absolute atomic E-state index is 0.251. The summed E-state index contributed by atoms with van der Waals surface area (Å²) in [5.41, 5.74) is 1.98. The molecule has 16 heavy (non-hydrogen) atoms. The maximum atomic E-state index is 5.93. The fourth-order valence-electron chi connectivity index (χ4n) is 1.87. The molecule has 0 N–H and O–H groups in total. The van der Waals surface area contributed by atoms with E-state index < -0.39 is 0 Å². The summed E-state index contributed by atoms with van der Waals surface area (Å²) in [7, 11) is 0. The van der Waals surface area contributed by atoms with Crippen LogP contribution in [0, 0.1) is 0 Å². The van der Waals surface area contributed by atoms with Gasteiger partial charge in [0, 0.05) is 11.1 Å². The summed E-state index contributed by atoms with van der Waals surface area (Å²) < 4.78 is 16.4. The predicted octanol–water partition coefficient (Wildman–Crippen LogP) is 2.70. The lowest BCUT2D eigenvalue weighted by Crippen LogP contribution is -2.05. The summed E-state index contributed by atoms with van der Waals surface area (Å²) in [6, 6.07) is 5.88. The number of halogens is 1. The summed E-state index contributed by atoms with van der Waals surface area (Å²) >= 11 is 5.93. The molecule has 0 amide bonds. The van der Waals surface area contributed by atoms with Gasteiger partial charge in [-0.15, -0.1) is 0 Å². The fraction of sp³-hybridized carbons (Fsp3) is 0.333. The highest BCUT2D eigenvalue weighted by atomic mass is 35.5. The van der Waals surface area contributed by atoms with Crippen LogP contribution in [0.4, 0.5) is 0 Å². The molecule has 0 aromatic heterocycles. The molecule has 0 aliphatic carbocycles. The number of hydrogen-bond donors (Lipinski definition) is 0. The quantitative estimate of drug-likeness (QED) is 0.753. The molecular weight excluding hydrogens is 228 g/mol. The molecule has 0 atom stereocenters. The molecule has 3 rings (SSSR count). The van der Waals surface area contributed by atoms with Crippen molar-refractivity contribution in [3.05, 3.63) is 34.4 Å². The Labute approximate surface area is 98.6 Å². The van der Waals surface area contributed by atoms with Crippen molar-refractivity contribution in [3.8, 4) is 5.75 Å². The first-order valence-electron chi connectivity index (χ1n) is 5.19. The number of rotatable bonds is 1. The van der Waals surface area contributed by atoms with Gasteiger partial charge in [-0.1, -0.05) is 17.7 Å². The Morgan fingerprint density at radius 3 is 2.81 bits per heavy atom. The molecule has 1 aromatic rings. The molecule has 4 heteroatoms. The first-order chi connectivity index (χ1) is 7.83. The van der Waals surface area contributed by atoms with Gasteiger partial charge in [-0.05, 0) is 18.2 Å². The zero-order valence-electron chi connectivity index (χ0n) is 8.61. The maximum Gasteiger partial charge on any atom is 0.184 e. The van der Waals surface area contributed by atoms with E-state index >= 15 is 0 Å². The molecule has 2 aliphatic heterocycles. The Bertz CT molecular complexity index is 436. The van der Waals surface area contributed by atoms with Gasteiger partial charge < -0.3 is 14.2 Å². The number of benzene rings is 1. The molecule has 0 saturated carbocycles. The third kappa shape index (κ3) is 1.82. The largest absolute Gasteiger partial charge is 0.487 e. The van der Waals surface area contributed by atoms with E-state index in [1.165, 1.54) is 0 Å². The first kappa shape index (κ1) is 10.1. The molecular formula is C12H11ClO3. The summed E-state index contributed by atoms with van der Waals surface area (Å²) in [5, 5.41) is 0.706. The first-order valence-corrected chi connectivity index (χ1v) is 5.57. The van der Waals surface area contributed by atoms with Gasteiger partial charge >= 0.3 is 0 Å². The summed E-state index contributed by atoms with van der Waals surface area (Å²) in [4.78, 5) is 0. The minimum Gasteiger partial charge on any atom is -0.487 e. The predicted molar refractivity (Wildman–Crippen MR) is 60.4 cm³/mol. The van der Waals surface area contributed by atoms with Crippen LogP contribution in [-0.2, 0) is 9.47 Å². The molecule has 0 bridgehead atoms. The summed E-state index contributed by atoms with van der Waals surface area (Å²) in [6.45, 7) is 1.74. The molecule has 0 unspecified atom stereocenters. The second-order valence-corrected chi connectivity index (χ2v) is 4.24. The summed E-state index contributed by atoms with van der Waals surface area (Å²) in [6.07, 6.45) is 1.66. The van der Waals surface area contributed by atoms with Gasteiger partial charge in [0.25, 0.3) is 0 Å². The van der Waals surface area contributed by atoms with Crippen LogP contribution in [0.25, 0.3) is 6.08 Å². The molecule has 1 saturated heterocycles. The average Bonchev–Trinajstić information content (AvgIpc) is 2.81. The second kappa shape index (κ2) is 4.09. The lowest BCUT2D eigenvalue weighted by Gasteiger charge is -2.17. The van der Waals surface area contributed by atoms with Crippen LogP contribution in [0.5, 0.6) is 5.75 Å². The molecule has 0 radical (unpaired) electrons. The average molecular weight is 239 g/mol. The SMILES string of the molecule is ClC1=Cc2cc(C3OCCO3)ccc2OC1. The normalized spacial score (nSPS) is 20.2. The van der Waals surface area contributed by atoms with Gasteiger partial charge in [0.1, 0.15) is 12.4 Å². The van der Waals surface area contributed by atoms with Crippen molar-refractivity contribution >= 4 is 17.7 Å². The molecule has 3 nitrogen and oxygen atoms in total. The molecule has 0 spiro atoms. The van der Waals surface area contributed by atoms with Gasteiger partial charge in [0.15, 0.2) is 6.29 Å². The Hall–Kier alpha value is -1.03. The Morgan fingerprint density at radius 2 is 2.00 bits per heavy atom. The highest BCUT2D eigenvalue weighted by Crippen LogP contribution is 2.32. The van der Waals surface area contributed by atoms with E-state index in [2.05, 4.69) is 0 Å². The third-order valence-corrected chi connectivity index (χ3v) is 2.82. The van der Waals surface area contributed by atoms with Crippen molar-refractivity contribution in [3.63, 3.8) is 0 Å². The molecule has 2 heterocycles. The zero-order chi connectivity index (χ0) is 11.0. The number of ether oxygens (including phenoxy) is 3.